The molecule has 0 saturated carbocycles. The molecule has 1 unspecified atom stereocenters. The van der Waals surface area contributed by atoms with Crippen LogP contribution >= 0.6 is 0 Å². The quantitative estimate of drug-likeness (QED) is 0.807. The van der Waals surface area contributed by atoms with Crippen molar-refractivity contribution in [3.8, 4) is 11.5 Å². The molecule has 4 nitrogen and oxygen atoms in total. The Kier molecular flexibility index (Phi) is 5.88. The fourth-order valence-corrected chi connectivity index (χ4v) is 2.62. The number of nitrogens with zero attached hydrogens (tertiary/aromatic N) is 1. The van der Waals surface area contributed by atoms with E-state index >= 15 is 0 Å². The minimum Gasteiger partial charge on any atom is -0.493 e. The van der Waals surface area contributed by atoms with Crippen molar-refractivity contribution in [1.29, 1.82) is 0 Å². The summed E-state index contributed by atoms with van der Waals surface area (Å²) in [5, 5.41) is 0. The zero-order chi connectivity index (χ0) is 15.2. The van der Waals surface area contributed by atoms with Gasteiger partial charge in [-0.1, -0.05) is 19.9 Å². The molecule has 0 aromatic heterocycles. The van der Waals surface area contributed by atoms with E-state index in [1.54, 1.807) is 7.11 Å². The molecule has 1 heterocycles. The summed E-state index contributed by atoms with van der Waals surface area (Å²) in [6.45, 7) is 10.8. The maximum atomic E-state index is 5.82. The Balaban J connectivity index is 2.02. The smallest absolute Gasteiger partial charge is 0.161 e. The van der Waals surface area contributed by atoms with E-state index in [-0.39, 0.29) is 0 Å². The van der Waals surface area contributed by atoms with Crippen LogP contribution in [0.3, 0.4) is 0 Å². The normalized spacial score (nSPS) is 19.8. The predicted octanol–water partition coefficient (Wildman–Crippen LogP) is 2.95. The van der Waals surface area contributed by atoms with Gasteiger partial charge in [0.05, 0.1) is 26.4 Å². The molecule has 1 aromatic rings. The Morgan fingerprint density at radius 3 is 2.81 bits per heavy atom. The number of benzene rings is 1. The Bertz CT molecular complexity index is 448. The lowest BCUT2D eigenvalue weighted by Crippen LogP contribution is -2.44. The lowest BCUT2D eigenvalue weighted by atomic mass is 10.1. The van der Waals surface area contributed by atoms with Crippen molar-refractivity contribution in [3.63, 3.8) is 0 Å². The summed E-state index contributed by atoms with van der Waals surface area (Å²) in [5.74, 6) is 2.18. The summed E-state index contributed by atoms with van der Waals surface area (Å²) in [7, 11) is 1.69. The van der Waals surface area contributed by atoms with E-state index in [0.717, 1.165) is 37.7 Å². The average molecular weight is 293 g/mol. The fraction of sp³-hybridized carbons (Fsp3) is 0.647. The number of hydrogen-bond donors (Lipinski definition) is 0. The van der Waals surface area contributed by atoms with Crippen LogP contribution in [0.1, 0.15) is 26.3 Å². The van der Waals surface area contributed by atoms with Gasteiger partial charge in [-0.2, -0.15) is 0 Å². The van der Waals surface area contributed by atoms with Gasteiger partial charge in [0, 0.05) is 19.6 Å². The Morgan fingerprint density at radius 2 is 2.14 bits per heavy atom. The number of methoxy groups -OCH3 is 1. The van der Waals surface area contributed by atoms with Gasteiger partial charge in [0.1, 0.15) is 0 Å². The van der Waals surface area contributed by atoms with Crippen LogP contribution in [0.4, 0.5) is 0 Å². The van der Waals surface area contributed by atoms with Gasteiger partial charge in [-0.05, 0) is 30.5 Å². The van der Waals surface area contributed by atoms with E-state index in [9.17, 15) is 0 Å². The molecule has 0 amide bonds. The molecule has 1 aliphatic heterocycles. The van der Waals surface area contributed by atoms with E-state index in [2.05, 4.69) is 30.9 Å². The van der Waals surface area contributed by atoms with Crippen LogP contribution in [-0.4, -0.2) is 44.4 Å². The van der Waals surface area contributed by atoms with Crippen LogP contribution in [-0.2, 0) is 11.3 Å². The molecule has 21 heavy (non-hydrogen) atoms. The second-order valence-corrected chi connectivity index (χ2v) is 5.81. The molecule has 1 aromatic carbocycles. The highest BCUT2D eigenvalue weighted by atomic mass is 16.5. The first-order valence-corrected chi connectivity index (χ1v) is 7.77. The Morgan fingerprint density at radius 1 is 1.33 bits per heavy atom. The van der Waals surface area contributed by atoms with Gasteiger partial charge in [-0.3, -0.25) is 4.90 Å². The molecule has 0 N–H and O–H groups in total. The maximum Gasteiger partial charge on any atom is 0.161 e. The van der Waals surface area contributed by atoms with Crippen molar-refractivity contribution in [2.75, 3.05) is 33.4 Å². The van der Waals surface area contributed by atoms with Crippen molar-refractivity contribution in [2.24, 2.45) is 5.92 Å². The minimum absolute atomic E-state index is 0.336. The molecule has 118 valence electrons. The summed E-state index contributed by atoms with van der Waals surface area (Å²) < 4.78 is 16.8. The van der Waals surface area contributed by atoms with Crippen LogP contribution in [0.25, 0.3) is 0 Å². The van der Waals surface area contributed by atoms with Gasteiger partial charge >= 0.3 is 0 Å². The minimum atomic E-state index is 0.336. The third-order valence-electron chi connectivity index (χ3n) is 3.86. The first-order valence-electron chi connectivity index (χ1n) is 7.77. The van der Waals surface area contributed by atoms with E-state index in [4.69, 9.17) is 14.2 Å². The van der Waals surface area contributed by atoms with Gasteiger partial charge in [0.25, 0.3) is 0 Å². The SMILES string of the molecule is CCOc1ccc(CN2CCOC(C(C)C)C2)cc1OC. The van der Waals surface area contributed by atoms with E-state index in [0.29, 0.717) is 18.6 Å². The van der Waals surface area contributed by atoms with Crippen LogP contribution < -0.4 is 9.47 Å². The van der Waals surface area contributed by atoms with Gasteiger partial charge in [0.2, 0.25) is 0 Å². The van der Waals surface area contributed by atoms with Gasteiger partial charge < -0.3 is 14.2 Å². The van der Waals surface area contributed by atoms with Crippen LogP contribution in [0.2, 0.25) is 0 Å². The first-order chi connectivity index (χ1) is 10.1. The third kappa shape index (κ3) is 4.35. The highest BCUT2D eigenvalue weighted by Crippen LogP contribution is 2.28. The maximum absolute atomic E-state index is 5.82. The predicted molar refractivity (Wildman–Crippen MR) is 84.0 cm³/mol. The molecule has 1 fully saturated rings. The summed E-state index contributed by atoms with van der Waals surface area (Å²) in [4.78, 5) is 2.45. The molecule has 0 bridgehead atoms. The summed E-state index contributed by atoms with van der Waals surface area (Å²) >= 11 is 0. The Hall–Kier alpha value is -1.26. The number of hydrogen-bond acceptors (Lipinski definition) is 4. The first kappa shape index (κ1) is 16.1. The van der Waals surface area contributed by atoms with Gasteiger partial charge in [0.15, 0.2) is 11.5 Å². The number of morpholine rings is 1. The number of rotatable bonds is 6. The molecule has 2 rings (SSSR count). The molecule has 1 saturated heterocycles. The molecular weight excluding hydrogens is 266 g/mol. The lowest BCUT2D eigenvalue weighted by Gasteiger charge is -2.35. The standard InChI is InChI=1S/C17H27NO3/c1-5-20-15-7-6-14(10-16(15)19-4)11-18-8-9-21-17(12-18)13(2)3/h6-7,10,13,17H,5,8-9,11-12H2,1-4H3. The largest absolute Gasteiger partial charge is 0.493 e. The van der Waals surface area contributed by atoms with E-state index in [1.807, 2.05) is 13.0 Å². The lowest BCUT2D eigenvalue weighted by molar-refractivity contribution is -0.0529. The second kappa shape index (κ2) is 7.66. The molecule has 1 atom stereocenters. The van der Waals surface area contributed by atoms with Crippen molar-refractivity contribution in [3.05, 3.63) is 23.8 Å². The van der Waals surface area contributed by atoms with Crippen molar-refractivity contribution in [2.45, 2.75) is 33.4 Å². The average Bonchev–Trinajstić information content (AvgIpc) is 2.49. The zero-order valence-corrected chi connectivity index (χ0v) is 13.6. The molecule has 0 spiro atoms. The Labute approximate surface area is 128 Å². The summed E-state index contributed by atoms with van der Waals surface area (Å²) in [5.41, 5.74) is 1.25. The molecule has 0 aliphatic carbocycles. The highest BCUT2D eigenvalue weighted by molar-refractivity contribution is 5.42. The van der Waals surface area contributed by atoms with Crippen LogP contribution in [0.5, 0.6) is 11.5 Å². The molecule has 4 heteroatoms. The van der Waals surface area contributed by atoms with Crippen LogP contribution in [0, 0.1) is 5.92 Å². The van der Waals surface area contributed by atoms with E-state index < -0.39 is 0 Å². The monoisotopic (exact) mass is 293 g/mol. The van der Waals surface area contributed by atoms with Crippen molar-refractivity contribution < 1.29 is 14.2 Å². The summed E-state index contributed by atoms with van der Waals surface area (Å²) in [6, 6.07) is 6.19. The van der Waals surface area contributed by atoms with Crippen LogP contribution in [0.15, 0.2) is 18.2 Å². The summed E-state index contributed by atoms with van der Waals surface area (Å²) in [6.07, 6.45) is 0.336. The van der Waals surface area contributed by atoms with Gasteiger partial charge in [-0.25, -0.2) is 0 Å². The number of ether oxygens (including phenoxy) is 3. The van der Waals surface area contributed by atoms with Gasteiger partial charge in [-0.15, -0.1) is 0 Å². The van der Waals surface area contributed by atoms with Crippen molar-refractivity contribution >= 4 is 0 Å². The van der Waals surface area contributed by atoms with Crippen molar-refractivity contribution in [1.82, 2.24) is 4.90 Å². The van der Waals surface area contributed by atoms with E-state index in [1.165, 1.54) is 5.56 Å². The topological polar surface area (TPSA) is 30.9 Å². The molecular formula is C17H27NO3. The second-order valence-electron chi connectivity index (χ2n) is 5.81. The fourth-order valence-electron chi connectivity index (χ4n) is 2.62. The zero-order valence-electron chi connectivity index (χ0n) is 13.6. The molecule has 1 aliphatic rings. The highest BCUT2D eigenvalue weighted by Gasteiger charge is 2.23. The molecule has 0 radical (unpaired) electrons. The third-order valence-corrected chi connectivity index (χ3v) is 3.86.